The second-order valence-electron chi connectivity index (χ2n) is 9.11. The van der Waals surface area contributed by atoms with Crippen molar-refractivity contribution in [3.05, 3.63) is 121 Å². The molecule has 0 aliphatic carbocycles. The van der Waals surface area contributed by atoms with Crippen molar-refractivity contribution in [3.63, 3.8) is 0 Å². The van der Waals surface area contributed by atoms with E-state index >= 15 is 0 Å². The molecule has 0 bridgehead atoms. The van der Waals surface area contributed by atoms with Crippen LogP contribution in [0.5, 0.6) is 0 Å². The Morgan fingerprint density at radius 3 is 2.14 bits per heavy atom. The van der Waals surface area contributed by atoms with Gasteiger partial charge in [-0.1, -0.05) is 91.9 Å². The van der Waals surface area contributed by atoms with Crippen molar-refractivity contribution in [1.29, 1.82) is 0 Å². The molecule has 0 atom stereocenters. The minimum atomic E-state index is 0.889. The largest absolute Gasteiger partial charge is 0.296 e. The van der Waals surface area contributed by atoms with E-state index in [0.717, 1.165) is 29.0 Å². The number of aromatic nitrogens is 2. The van der Waals surface area contributed by atoms with Gasteiger partial charge in [0.15, 0.2) is 0 Å². The molecule has 1 heterocycles. The fraction of sp³-hybridized carbons (Fsp3) is 0.0606. The summed E-state index contributed by atoms with van der Waals surface area (Å²) < 4.78 is 2.28. The number of nitrogens with zero attached hydrogens (tertiary/aromatic N) is 2. The zero-order valence-electron chi connectivity index (χ0n) is 19.6. The van der Waals surface area contributed by atoms with E-state index in [9.17, 15) is 0 Å². The van der Waals surface area contributed by atoms with E-state index in [1.807, 2.05) is 0 Å². The molecule has 0 saturated carbocycles. The van der Waals surface area contributed by atoms with Gasteiger partial charge in [0.2, 0.25) is 0 Å². The fourth-order valence-electron chi connectivity index (χ4n) is 5.51. The lowest BCUT2D eigenvalue weighted by Gasteiger charge is -2.14. The van der Waals surface area contributed by atoms with Gasteiger partial charge in [0.1, 0.15) is 5.82 Å². The summed E-state index contributed by atoms with van der Waals surface area (Å²) in [4.78, 5) is 4.85. The minimum Gasteiger partial charge on any atom is -0.296 e. The van der Waals surface area contributed by atoms with Gasteiger partial charge in [-0.2, -0.15) is 0 Å². The predicted octanol–water partition coefficient (Wildman–Crippen LogP) is 8.71. The molecule has 2 nitrogen and oxygen atoms in total. The van der Waals surface area contributed by atoms with Gasteiger partial charge in [0.05, 0.1) is 11.0 Å². The van der Waals surface area contributed by atoms with Gasteiger partial charge in [-0.3, -0.25) is 4.57 Å². The molecule has 0 radical (unpaired) electrons. The number of benzene rings is 6. The smallest absolute Gasteiger partial charge is 0.114 e. The molecule has 0 aliphatic heterocycles. The Hall–Kier alpha value is -4.43. The van der Waals surface area contributed by atoms with Gasteiger partial charge in [-0.15, -0.1) is 0 Å². The highest BCUT2D eigenvalue weighted by atomic mass is 15.1. The molecule has 6 aromatic carbocycles. The Balaban J connectivity index is 1.44. The van der Waals surface area contributed by atoms with Gasteiger partial charge < -0.3 is 0 Å². The molecule has 0 unspecified atom stereocenters. The topological polar surface area (TPSA) is 17.8 Å². The third kappa shape index (κ3) is 3.07. The lowest BCUT2D eigenvalue weighted by Crippen LogP contribution is -1.99. The Bertz CT molecular complexity index is 1870. The van der Waals surface area contributed by atoms with Crippen LogP contribution in [0.15, 0.2) is 115 Å². The molecule has 35 heavy (non-hydrogen) atoms. The molecular weight excluding hydrogens is 424 g/mol. The molecule has 0 fully saturated rings. The average Bonchev–Trinajstić information content (AvgIpc) is 3.31. The van der Waals surface area contributed by atoms with E-state index in [4.69, 9.17) is 4.98 Å². The second-order valence-corrected chi connectivity index (χ2v) is 9.11. The van der Waals surface area contributed by atoms with E-state index in [-0.39, 0.29) is 0 Å². The first-order chi connectivity index (χ1) is 17.3. The highest BCUT2D eigenvalue weighted by Gasteiger charge is 2.13. The van der Waals surface area contributed by atoms with E-state index in [0.29, 0.717) is 0 Å². The first kappa shape index (κ1) is 20.0. The summed E-state index contributed by atoms with van der Waals surface area (Å²) in [6.45, 7) is 2.16. The molecule has 0 spiro atoms. The first-order valence-electron chi connectivity index (χ1n) is 12.2. The van der Waals surface area contributed by atoms with Crippen LogP contribution in [-0.4, -0.2) is 9.55 Å². The van der Waals surface area contributed by atoms with E-state index in [1.165, 1.54) is 43.4 Å². The van der Waals surface area contributed by atoms with Crippen LogP contribution in [0.3, 0.4) is 0 Å². The summed E-state index contributed by atoms with van der Waals surface area (Å²) in [5, 5.41) is 7.77. The van der Waals surface area contributed by atoms with E-state index in [1.54, 1.807) is 0 Å². The monoisotopic (exact) mass is 448 g/mol. The molecule has 1 aromatic heterocycles. The van der Waals surface area contributed by atoms with Crippen LogP contribution in [0.1, 0.15) is 12.7 Å². The van der Waals surface area contributed by atoms with Crippen LogP contribution in [-0.2, 0) is 6.42 Å². The number of para-hydroxylation sites is 2. The fourth-order valence-corrected chi connectivity index (χ4v) is 5.51. The van der Waals surface area contributed by atoms with Crippen molar-refractivity contribution in [1.82, 2.24) is 9.55 Å². The third-order valence-electron chi connectivity index (χ3n) is 7.13. The maximum Gasteiger partial charge on any atom is 0.114 e. The molecule has 0 aliphatic rings. The molecule has 166 valence electrons. The quantitative estimate of drug-likeness (QED) is 0.247. The molecule has 7 rings (SSSR count). The van der Waals surface area contributed by atoms with Gasteiger partial charge in [-0.25, -0.2) is 4.98 Å². The summed E-state index contributed by atoms with van der Waals surface area (Å²) >= 11 is 0. The minimum absolute atomic E-state index is 0.889. The van der Waals surface area contributed by atoms with Crippen molar-refractivity contribution in [3.8, 4) is 16.8 Å². The van der Waals surface area contributed by atoms with Gasteiger partial charge in [0, 0.05) is 12.1 Å². The zero-order chi connectivity index (χ0) is 23.4. The Morgan fingerprint density at radius 1 is 0.629 bits per heavy atom. The van der Waals surface area contributed by atoms with Crippen molar-refractivity contribution in [2.45, 2.75) is 13.3 Å². The first-order valence-corrected chi connectivity index (χ1v) is 12.2. The zero-order valence-corrected chi connectivity index (χ0v) is 19.6. The van der Waals surface area contributed by atoms with Gasteiger partial charge in [-0.05, 0) is 73.8 Å². The molecule has 2 heteroatoms. The lowest BCUT2D eigenvalue weighted by atomic mass is 9.91. The molecule has 0 N–H and O–H groups in total. The SMILES string of the molecule is CCc1nc2ccccc2n1-c1ccc(-c2cc3ccc4ccccc4c3c3ccccc23)cc1. The summed E-state index contributed by atoms with van der Waals surface area (Å²) in [7, 11) is 0. The average molecular weight is 449 g/mol. The molecule has 7 aromatic rings. The number of hydrogen-bond donors (Lipinski definition) is 0. The van der Waals surface area contributed by atoms with Crippen LogP contribution in [0, 0.1) is 0 Å². The van der Waals surface area contributed by atoms with E-state index in [2.05, 4.69) is 127 Å². The predicted molar refractivity (Wildman–Crippen MR) is 148 cm³/mol. The van der Waals surface area contributed by atoms with Crippen molar-refractivity contribution < 1.29 is 0 Å². The van der Waals surface area contributed by atoms with Crippen molar-refractivity contribution in [2.75, 3.05) is 0 Å². The number of rotatable bonds is 3. The standard InChI is InChI=1S/C33H24N2/c1-2-32-34-30-13-7-8-14-31(30)35(32)25-19-17-23(18-20-25)29-21-24-16-15-22-9-3-4-10-26(22)33(24)28-12-6-5-11-27(28)29/h3-21H,2H2,1H3. The lowest BCUT2D eigenvalue weighted by molar-refractivity contribution is 0.908. The third-order valence-corrected chi connectivity index (χ3v) is 7.13. The number of aryl methyl sites for hydroxylation is 1. The number of imidazole rings is 1. The van der Waals surface area contributed by atoms with Crippen LogP contribution < -0.4 is 0 Å². The summed E-state index contributed by atoms with van der Waals surface area (Å²) in [5.41, 5.74) is 5.83. The highest BCUT2D eigenvalue weighted by molar-refractivity contribution is 6.23. The summed E-state index contributed by atoms with van der Waals surface area (Å²) in [5.74, 6) is 1.09. The molecule has 0 saturated heterocycles. The maximum atomic E-state index is 4.85. The van der Waals surface area contributed by atoms with Crippen molar-refractivity contribution in [2.24, 2.45) is 0 Å². The van der Waals surface area contributed by atoms with Crippen LogP contribution in [0.4, 0.5) is 0 Å². The van der Waals surface area contributed by atoms with Crippen LogP contribution in [0.2, 0.25) is 0 Å². The maximum absolute atomic E-state index is 4.85. The normalized spacial score (nSPS) is 11.7. The van der Waals surface area contributed by atoms with Crippen LogP contribution >= 0.6 is 0 Å². The van der Waals surface area contributed by atoms with Crippen molar-refractivity contribution >= 4 is 43.4 Å². The highest BCUT2D eigenvalue weighted by Crippen LogP contribution is 2.38. The Morgan fingerprint density at radius 2 is 1.31 bits per heavy atom. The van der Waals surface area contributed by atoms with Crippen LogP contribution in [0.25, 0.3) is 60.2 Å². The van der Waals surface area contributed by atoms with Gasteiger partial charge >= 0.3 is 0 Å². The summed E-state index contributed by atoms with van der Waals surface area (Å²) in [6.07, 6.45) is 0.889. The summed E-state index contributed by atoms with van der Waals surface area (Å²) in [6, 6.07) is 41.6. The second kappa shape index (κ2) is 7.82. The number of hydrogen-bond acceptors (Lipinski definition) is 1. The number of fused-ring (bicyclic) bond motifs is 6. The van der Waals surface area contributed by atoms with Gasteiger partial charge in [0.25, 0.3) is 0 Å². The molecular formula is C33H24N2. The van der Waals surface area contributed by atoms with E-state index < -0.39 is 0 Å². The Labute approximate surface area is 204 Å². The molecule has 0 amide bonds. The Kier molecular flexibility index (Phi) is 4.46.